The van der Waals surface area contributed by atoms with E-state index in [4.69, 9.17) is 5.11 Å². The lowest BCUT2D eigenvalue weighted by atomic mass is 9.98. The molecular formula is C28H37F3N2O7. The van der Waals surface area contributed by atoms with E-state index in [0.717, 1.165) is 12.2 Å². The first kappa shape index (κ1) is 42.4. The number of nitrogens with one attached hydrogen (secondary N) is 1. The van der Waals surface area contributed by atoms with Gasteiger partial charge in [-0.1, -0.05) is 69.3 Å². The molecule has 0 saturated carbocycles. The maximum Gasteiger partial charge on any atom is 0.422 e. The van der Waals surface area contributed by atoms with Crippen LogP contribution in [0.5, 0.6) is 0 Å². The van der Waals surface area contributed by atoms with Crippen molar-refractivity contribution in [3.05, 3.63) is 93.1 Å². The van der Waals surface area contributed by atoms with Crippen LogP contribution in [0.25, 0.3) is 6.08 Å². The molecule has 9 nitrogen and oxygen atoms in total. The van der Waals surface area contributed by atoms with E-state index in [2.05, 4.69) is 48.7 Å². The van der Waals surface area contributed by atoms with Crippen LogP contribution in [0.2, 0.25) is 0 Å². The zero-order valence-corrected chi connectivity index (χ0v) is 22.8. The molecule has 0 bridgehead atoms. The SMILES string of the molecule is C=CC(=O)NC(C)(C)CC(C)=O.C=CC(=O)O.C=CC(=O)OCC(F)(F)F.C=CC(N)=O.C=Cc1ccccc1. The lowest BCUT2D eigenvalue weighted by Crippen LogP contribution is -2.43. The van der Waals surface area contributed by atoms with Crippen LogP contribution < -0.4 is 11.1 Å². The Morgan fingerprint density at radius 3 is 1.62 bits per heavy atom. The molecule has 1 aromatic carbocycles. The van der Waals surface area contributed by atoms with Gasteiger partial charge in [0.15, 0.2) is 6.61 Å². The highest BCUT2D eigenvalue weighted by atomic mass is 19.4. The number of hydrogen-bond acceptors (Lipinski definition) is 6. The summed E-state index contributed by atoms with van der Waals surface area (Å²) in [6.45, 7) is 19.5. The predicted molar refractivity (Wildman–Crippen MR) is 149 cm³/mol. The van der Waals surface area contributed by atoms with Gasteiger partial charge in [-0.3, -0.25) is 14.4 Å². The quantitative estimate of drug-likeness (QED) is 0.290. The maximum atomic E-state index is 11.2. The lowest BCUT2D eigenvalue weighted by Gasteiger charge is -2.23. The standard InChI is InChI=1S/C9H15NO2.C8H8.C5H5F3O2.C3H5NO.C3H4O2/c1-5-8(12)10-9(3,4)6-7(2)11;1-2-8-6-4-3-5-7-8;1-2-4(9)10-3-5(6,7)8;2*1-2-3(4)5/h5H,1,6H2,2-4H3,(H,10,12);2-7H,1H2;2H,1,3H2;2H,1H2,(H2,4,5);2H,1H2,(H,4,5). The molecule has 1 aromatic rings. The first-order valence-corrected chi connectivity index (χ1v) is 11.0. The molecule has 0 aliphatic heterocycles. The van der Waals surface area contributed by atoms with Crippen LogP contribution in [0, 0.1) is 0 Å². The fraction of sp³-hybridized carbons (Fsp3) is 0.250. The summed E-state index contributed by atoms with van der Waals surface area (Å²) in [5.41, 5.74) is 5.23. The van der Waals surface area contributed by atoms with Crippen molar-refractivity contribution >= 4 is 35.6 Å². The summed E-state index contributed by atoms with van der Waals surface area (Å²) in [6, 6.07) is 10.0. The Hall–Kier alpha value is -4.74. The average Bonchev–Trinajstić information content (AvgIpc) is 2.87. The number of amides is 2. The number of esters is 1. The Kier molecular flexibility index (Phi) is 26.0. The summed E-state index contributed by atoms with van der Waals surface area (Å²) in [4.78, 5) is 50.4. The first-order chi connectivity index (χ1) is 18.3. The van der Waals surface area contributed by atoms with E-state index in [1.807, 2.05) is 36.4 Å². The number of hydrogen-bond donors (Lipinski definition) is 3. The van der Waals surface area contributed by atoms with Gasteiger partial charge in [0.25, 0.3) is 0 Å². The van der Waals surface area contributed by atoms with Gasteiger partial charge in [-0.05, 0) is 38.5 Å². The zero-order chi connectivity index (χ0) is 32.4. The fourth-order valence-electron chi connectivity index (χ4n) is 1.85. The second-order valence-corrected chi connectivity index (χ2v) is 7.65. The number of carboxylic acids is 1. The molecule has 0 atom stereocenters. The molecule has 0 spiro atoms. The number of ether oxygens (including phenoxy) is 1. The van der Waals surface area contributed by atoms with Crippen LogP contribution in [-0.2, 0) is 28.7 Å². The van der Waals surface area contributed by atoms with Gasteiger partial charge in [0.2, 0.25) is 11.8 Å². The van der Waals surface area contributed by atoms with Gasteiger partial charge in [0, 0.05) is 24.1 Å². The molecule has 0 aliphatic carbocycles. The molecule has 0 saturated heterocycles. The smallest absolute Gasteiger partial charge is 0.422 e. The van der Waals surface area contributed by atoms with Gasteiger partial charge in [0.05, 0.1) is 0 Å². The Morgan fingerprint density at radius 1 is 0.925 bits per heavy atom. The highest BCUT2D eigenvalue weighted by molar-refractivity contribution is 5.88. The molecule has 2 amide bonds. The lowest BCUT2D eigenvalue weighted by molar-refractivity contribution is -0.182. The third-order valence-corrected chi connectivity index (χ3v) is 3.29. The molecule has 12 heteroatoms. The summed E-state index contributed by atoms with van der Waals surface area (Å²) >= 11 is 0. The predicted octanol–water partition coefficient (Wildman–Crippen LogP) is 4.57. The molecule has 0 aliphatic rings. The molecular weight excluding hydrogens is 533 g/mol. The van der Waals surface area contributed by atoms with Crippen molar-refractivity contribution in [2.75, 3.05) is 6.61 Å². The van der Waals surface area contributed by atoms with Crippen molar-refractivity contribution in [3.63, 3.8) is 0 Å². The van der Waals surface area contributed by atoms with Crippen LogP contribution in [0.3, 0.4) is 0 Å². The zero-order valence-electron chi connectivity index (χ0n) is 22.8. The number of halogens is 3. The van der Waals surface area contributed by atoms with Crippen molar-refractivity contribution in [2.24, 2.45) is 5.73 Å². The summed E-state index contributed by atoms with van der Waals surface area (Å²) in [7, 11) is 0. The number of primary amides is 1. The number of alkyl halides is 3. The van der Waals surface area contributed by atoms with E-state index < -0.39 is 36.2 Å². The number of carboxylic acid groups (broad SMARTS) is 1. The number of carbonyl (C=O) groups is 5. The minimum atomic E-state index is -4.46. The van der Waals surface area contributed by atoms with Crippen molar-refractivity contribution < 1.29 is 47.0 Å². The highest BCUT2D eigenvalue weighted by Gasteiger charge is 2.29. The molecule has 40 heavy (non-hydrogen) atoms. The maximum absolute atomic E-state index is 11.2. The van der Waals surface area contributed by atoms with E-state index in [1.54, 1.807) is 13.8 Å². The van der Waals surface area contributed by atoms with Crippen LogP contribution in [0.4, 0.5) is 13.2 Å². The van der Waals surface area contributed by atoms with Crippen molar-refractivity contribution in [2.45, 2.75) is 38.9 Å². The fourth-order valence-corrected chi connectivity index (χ4v) is 1.85. The van der Waals surface area contributed by atoms with Gasteiger partial charge in [-0.2, -0.15) is 13.2 Å². The number of Topliss-reactive ketones (excluding diaryl/α,β-unsaturated/α-hetero) is 1. The number of ketones is 1. The van der Waals surface area contributed by atoms with E-state index >= 15 is 0 Å². The van der Waals surface area contributed by atoms with Crippen LogP contribution in [-0.4, -0.2) is 53.0 Å². The minimum Gasteiger partial charge on any atom is -0.478 e. The number of carbonyl (C=O) groups excluding carboxylic acids is 4. The monoisotopic (exact) mass is 570 g/mol. The number of rotatable bonds is 9. The number of nitrogens with two attached hydrogens (primary N) is 1. The second-order valence-electron chi connectivity index (χ2n) is 7.65. The Balaban J connectivity index is -0.000000211. The summed E-state index contributed by atoms with van der Waals surface area (Å²) in [5, 5.41) is 10.3. The summed E-state index contributed by atoms with van der Waals surface area (Å²) in [5.74, 6) is -2.72. The van der Waals surface area contributed by atoms with E-state index in [-0.39, 0.29) is 11.7 Å². The molecule has 0 heterocycles. The van der Waals surface area contributed by atoms with Gasteiger partial charge in [0.1, 0.15) is 5.78 Å². The van der Waals surface area contributed by atoms with Gasteiger partial charge < -0.3 is 20.9 Å². The third kappa shape index (κ3) is 40.4. The molecule has 222 valence electrons. The Morgan fingerprint density at radius 2 is 1.38 bits per heavy atom. The Labute approximate surface area is 232 Å². The topological polar surface area (TPSA) is 153 Å². The third-order valence-electron chi connectivity index (χ3n) is 3.29. The number of aliphatic carboxylic acids is 1. The first-order valence-electron chi connectivity index (χ1n) is 11.0. The van der Waals surface area contributed by atoms with Crippen LogP contribution in [0.15, 0.2) is 87.5 Å². The molecule has 0 unspecified atom stereocenters. The summed E-state index contributed by atoms with van der Waals surface area (Å²) < 4.78 is 37.4. The molecule has 1 rings (SSSR count). The average molecular weight is 571 g/mol. The van der Waals surface area contributed by atoms with E-state index in [9.17, 15) is 37.1 Å². The van der Waals surface area contributed by atoms with Gasteiger partial charge in [-0.15, -0.1) is 0 Å². The van der Waals surface area contributed by atoms with E-state index in [0.29, 0.717) is 12.5 Å². The minimum absolute atomic E-state index is 0.0596. The second kappa shape index (κ2) is 24.6. The Bertz CT molecular complexity index is 969. The van der Waals surface area contributed by atoms with Gasteiger partial charge in [-0.25, -0.2) is 9.59 Å². The summed E-state index contributed by atoms with van der Waals surface area (Å²) in [6.07, 6.45) is 1.47. The normalized spacial score (nSPS) is 9.15. The van der Waals surface area contributed by atoms with Gasteiger partial charge >= 0.3 is 18.1 Å². The molecule has 0 aromatic heterocycles. The van der Waals surface area contributed by atoms with Crippen molar-refractivity contribution in [1.82, 2.24) is 5.32 Å². The molecule has 0 radical (unpaired) electrons. The highest BCUT2D eigenvalue weighted by Crippen LogP contribution is 2.14. The van der Waals surface area contributed by atoms with Crippen LogP contribution in [0.1, 0.15) is 32.8 Å². The van der Waals surface area contributed by atoms with Crippen molar-refractivity contribution in [3.8, 4) is 0 Å². The molecule has 4 N–H and O–H groups in total. The van der Waals surface area contributed by atoms with Crippen LogP contribution >= 0.6 is 0 Å². The largest absolute Gasteiger partial charge is 0.478 e. The van der Waals surface area contributed by atoms with Crippen molar-refractivity contribution in [1.29, 1.82) is 0 Å². The number of benzene rings is 1. The van der Waals surface area contributed by atoms with E-state index in [1.165, 1.54) is 18.6 Å². The molecule has 0 fully saturated rings.